The quantitative estimate of drug-likeness (QED) is 0.929. The van der Waals surface area contributed by atoms with Crippen molar-refractivity contribution < 1.29 is 4.74 Å². The minimum atomic E-state index is 0.619. The lowest BCUT2D eigenvalue weighted by Gasteiger charge is -2.23. The van der Waals surface area contributed by atoms with Crippen LogP contribution >= 0.6 is 0 Å². The van der Waals surface area contributed by atoms with Crippen LogP contribution in [0.15, 0.2) is 48.5 Å². The highest BCUT2D eigenvalue weighted by Crippen LogP contribution is 2.29. The van der Waals surface area contributed by atoms with Gasteiger partial charge in [0.2, 0.25) is 0 Å². The molecule has 1 saturated heterocycles. The second kappa shape index (κ2) is 7.11. The summed E-state index contributed by atoms with van der Waals surface area (Å²) in [7, 11) is 0. The van der Waals surface area contributed by atoms with E-state index in [0.29, 0.717) is 5.56 Å². The number of benzene rings is 2. The van der Waals surface area contributed by atoms with Crippen molar-refractivity contribution in [3.05, 3.63) is 59.7 Å². The fourth-order valence-corrected chi connectivity index (χ4v) is 2.92. The number of rotatable bonds is 4. The topological polar surface area (TPSA) is 45.0 Å². The Kier molecular flexibility index (Phi) is 4.72. The first kappa shape index (κ1) is 14.6. The van der Waals surface area contributed by atoms with Crippen molar-refractivity contribution in [2.45, 2.75) is 19.3 Å². The second-order valence-corrected chi connectivity index (χ2v) is 5.75. The van der Waals surface area contributed by atoms with E-state index in [-0.39, 0.29) is 0 Å². The molecule has 0 aromatic heterocycles. The van der Waals surface area contributed by atoms with E-state index in [4.69, 9.17) is 10.00 Å². The summed E-state index contributed by atoms with van der Waals surface area (Å²) < 4.78 is 6.03. The van der Waals surface area contributed by atoms with Crippen LogP contribution in [0.4, 0.5) is 0 Å². The minimum Gasteiger partial charge on any atom is -0.457 e. The first-order chi connectivity index (χ1) is 10.8. The predicted molar refractivity (Wildman–Crippen MR) is 87.0 cm³/mol. The number of para-hydroxylation sites is 1. The fourth-order valence-electron chi connectivity index (χ4n) is 2.92. The Morgan fingerprint density at radius 2 is 1.91 bits per heavy atom. The maximum absolute atomic E-state index is 8.99. The second-order valence-electron chi connectivity index (χ2n) is 5.75. The predicted octanol–water partition coefficient (Wildman–Crippen LogP) is 3.89. The Morgan fingerprint density at radius 1 is 1.09 bits per heavy atom. The molecule has 0 bridgehead atoms. The third kappa shape index (κ3) is 3.66. The van der Waals surface area contributed by atoms with Gasteiger partial charge in [-0.2, -0.15) is 5.26 Å². The molecule has 0 amide bonds. The lowest BCUT2D eigenvalue weighted by Crippen LogP contribution is -2.28. The Balaban J connectivity index is 1.77. The summed E-state index contributed by atoms with van der Waals surface area (Å²) in [6.07, 6.45) is 3.49. The minimum absolute atomic E-state index is 0.619. The van der Waals surface area contributed by atoms with E-state index in [1.807, 2.05) is 24.3 Å². The lowest BCUT2D eigenvalue weighted by atomic mass is 9.90. The molecule has 3 nitrogen and oxygen atoms in total. The van der Waals surface area contributed by atoms with Gasteiger partial charge in [-0.3, -0.25) is 0 Å². The number of hydrogen-bond donors (Lipinski definition) is 1. The van der Waals surface area contributed by atoms with Gasteiger partial charge in [-0.1, -0.05) is 24.3 Å². The van der Waals surface area contributed by atoms with E-state index in [1.54, 1.807) is 12.1 Å². The van der Waals surface area contributed by atoms with E-state index in [1.165, 1.54) is 18.4 Å². The zero-order valence-corrected chi connectivity index (χ0v) is 12.6. The highest BCUT2D eigenvalue weighted by atomic mass is 16.5. The molecule has 3 heteroatoms. The van der Waals surface area contributed by atoms with Crippen LogP contribution in [0.3, 0.4) is 0 Å². The molecule has 1 aliphatic rings. The molecule has 0 spiro atoms. The van der Waals surface area contributed by atoms with Gasteiger partial charge in [0.05, 0.1) is 11.6 Å². The molecule has 0 unspecified atom stereocenters. The van der Waals surface area contributed by atoms with E-state index in [0.717, 1.165) is 36.9 Å². The summed E-state index contributed by atoms with van der Waals surface area (Å²) in [6, 6.07) is 17.7. The van der Waals surface area contributed by atoms with Gasteiger partial charge in [0, 0.05) is 0 Å². The molecule has 1 N–H and O–H groups in total. The van der Waals surface area contributed by atoms with Crippen LogP contribution in [0.5, 0.6) is 11.5 Å². The van der Waals surface area contributed by atoms with Crippen LogP contribution in [0.2, 0.25) is 0 Å². The average Bonchev–Trinajstić information content (AvgIpc) is 2.58. The molecule has 0 atom stereocenters. The molecule has 22 heavy (non-hydrogen) atoms. The van der Waals surface area contributed by atoms with Gasteiger partial charge >= 0.3 is 0 Å². The first-order valence-corrected chi connectivity index (χ1v) is 7.82. The van der Waals surface area contributed by atoms with Crippen molar-refractivity contribution in [1.82, 2.24) is 5.32 Å². The summed E-state index contributed by atoms with van der Waals surface area (Å²) >= 11 is 0. The van der Waals surface area contributed by atoms with Gasteiger partial charge in [0.1, 0.15) is 11.5 Å². The van der Waals surface area contributed by atoms with Gasteiger partial charge < -0.3 is 10.1 Å². The number of nitrogens with one attached hydrogen (secondary N) is 1. The zero-order valence-electron chi connectivity index (χ0n) is 12.6. The molecule has 1 aliphatic heterocycles. The van der Waals surface area contributed by atoms with Crippen molar-refractivity contribution >= 4 is 0 Å². The normalized spacial score (nSPS) is 15.2. The summed E-state index contributed by atoms with van der Waals surface area (Å²) in [4.78, 5) is 0. The number of nitrogens with zero attached hydrogens (tertiary/aromatic N) is 1. The smallest absolute Gasteiger partial charge is 0.130 e. The van der Waals surface area contributed by atoms with E-state index >= 15 is 0 Å². The van der Waals surface area contributed by atoms with Crippen molar-refractivity contribution in [2.24, 2.45) is 5.92 Å². The molecule has 112 valence electrons. The third-order valence-corrected chi connectivity index (χ3v) is 4.13. The van der Waals surface area contributed by atoms with Crippen LogP contribution in [0, 0.1) is 17.2 Å². The molecule has 2 aromatic rings. The monoisotopic (exact) mass is 292 g/mol. The molecule has 1 heterocycles. The van der Waals surface area contributed by atoms with E-state index in [9.17, 15) is 0 Å². The van der Waals surface area contributed by atoms with E-state index < -0.39 is 0 Å². The number of ether oxygens (including phenoxy) is 1. The number of piperidine rings is 1. The van der Waals surface area contributed by atoms with Gasteiger partial charge in [-0.05, 0) is 68.1 Å². The molecule has 0 saturated carbocycles. The third-order valence-electron chi connectivity index (χ3n) is 4.13. The van der Waals surface area contributed by atoms with Crippen molar-refractivity contribution in [2.75, 3.05) is 13.1 Å². The molecule has 0 aliphatic carbocycles. The number of nitriles is 1. The van der Waals surface area contributed by atoms with E-state index in [2.05, 4.69) is 23.5 Å². The Labute approximate surface area is 131 Å². The summed E-state index contributed by atoms with van der Waals surface area (Å²) in [6.45, 7) is 2.22. The standard InChI is InChI=1S/C19H20N2O/c20-14-16-4-3-6-18(13-16)22-19-7-2-1-5-17(19)12-15-8-10-21-11-9-15/h1-7,13,15,21H,8-12H2. The van der Waals surface area contributed by atoms with Crippen LogP contribution in [0.1, 0.15) is 24.0 Å². The molecule has 1 fully saturated rings. The molecule has 3 rings (SSSR count). The maximum Gasteiger partial charge on any atom is 0.130 e. The van der Waals surface area contributed by atoms with Gasteiger partial charge in [-0.25, -0.2) is 0 Å². The van der Waals surface area contributed by atoms with Gasteiger partial charge in [0.15, 0.2) is 0 Å². The zero-order chi connectivity index (χ0) is 15.2. The van der Waals surface area contributed by atoms with Crippen LogP contribution in [0.25, 0.3) is 0 Å². The van der Waals surface area contributed by atoms with Gasteiger partial charge in [-0.15, -0.1) is 0 Å². The number of hydrogen-bond acceptors (Lipinski definition) is 3. The highest BCUT2D eigenvalue weighted by molar-refractivity contribution is 5.41. The summed E-state index contributed by atoms with van der Waals surface area (Å²) in [5.41, 5.74) is 1.87. The largest absolute Gasteiger partial charge is 0.457 e. The SMILES string of the molecule is N#Cc1cccc(Oc2ccccc2CC2CCNCC2)c1. The Bertz CT molecular complexity index is 669. The highest BCUT2D eigenvalue weighted by Gasteiger charge is 2.16. The maximum atomic E-state index is 8.99. The lowest BCUT2D eigenvalue weighted by molar-refractivity contribution is 0.367. The van der Waals surface area contributed by atoms with Crippen LogP contribution in [-0.4, -0.2) is 13.1 Å². The molecule has 2 aromatic carbocycles. The Hall–Kier alpha value is -2.31. The fraction of sp³-hybridized carbons (Fsp3) is 0.316. The van der Waals surface area contributed by atoms with Crippen molar-refractivity contribution in [1.29, 1.82) is 5.26 Å². The summed E-state index contributed by atoms with van der Waals surface area (Å²) in [5.74, 6) is 2.34. The van der Waals surface area contributed by atoms with Gasteiger partial charge in [0.25, 0.3) is 0 Å². The summed E-state index contributed by atoms with van der Waals surface area (Å²) in [5, 5.41) is 12.4. The van der Waals surface area contributed by atoms with Crippen LogP contribution in [-0.2, 0) is 6.42 Å². The molecule has 0 radical (unpaired) electrons. The first-order valence-electron chi connectivity index (χ1n) is 7.82. The average molecular weight is 292 g/mol. The van der Waals surface area contributed by atoms with Crippen molar-refractivity contribution in [3.63, 3.8) is 0 Å². The Morgan fingerprint density at radius 3 is 2.73 bits per heavy atom. The molecular formula is C19H20N2O. The van der Waals surface area contributed by atoms with Crippen molar-refractivity contribution in [3.8, 4) is 17.6 Å². The molecular weight excluding hydrogens is 272 g/mol. The van der Waals surface area contributed by atoms with Crippen LogP contribution < -0.4 is 10.1 Å².